The van der Waals surface area contributed by atoms with Crippen LogP contribution in [0.4, 0.5) is 18.9 Å². The van der Waals surface area contributed by atoms with Crippen LogP contribution in [-0.2, 0) is 12.7 Å². The van der Waals surface area contributed by atoms with E-state index in [4.69, 9.17) is 5.11 Å². The molecule has 2 N–H and O–H groups in total. The summed E-state index contributed by atoms with van der Waals surface area (Å²) >= 11 is 0. The highest BCUT2D eigenvalue weighted by Crippen LogP contribution is 2.40. The van der Waals surface area contributed by atoms with Crippen LogP contribution in [0.5, 0.6) is 0 Å². The summed E-state index contributed by atoms with van der Waals surface area (Å²) in [7, 11) is 1.70. The maximum Gasteiger partial charge on any atom is 0.418 e. The smallest absolute Gasteiger partial charge is 0.395 e. The molecule has 1 aromatic rings. The molecular weight excluding hydrogens is 281 g/mol. The Labute approximate surface area is 122 Å². The number of rotatable bonds is 6. The van der Waals surface area contributed by atoms with Crippen molar-refractivity contribution in [3.8, 4) is 0 Å². The molecule has 6 heteroatoms. The Bertz CT molecular complexity index is 472. The molecular formula is C15H21F3N2O. The van der Waals surface area contributed by atoms with E-state index in [2.05, 4.69) is 5.32 Å². The molecule has 1 aromatic carbocycles. The first-order valence-corrected chi connectivity index (χ1v) is 7.19. The summed E-state index contributed by atoms with van der Waals surface area (Å²) in [4.78, 5) is 1.70. The highest BCUT2D eigenvalue weighted by Gasteiger charge is 2.37. The SMILES string of the molecule is CNCc1ccc(N(CCO)C2CCC2)c(C(F)(F)F)c1. The number of halogens is 3. The van der Waals surface area contributed by atoms with Gasteiger partial charge >= 0.3 is 6.18 Å². The fourth-order valence-electron chi connectivity index (χ4n) is 2.68. The molecule has 0 bridgehead atoms. The highest BCUT2D eigenvalue weighted by atomic mass is 19.4. The topological polar surface area (TPSA) is 35.5 Å². The van der Waals surface area contributed by atoms with Crippen molar-refractivity contribution in [3.63, 3.8) is 0 Å². The molecule has 1 aliphatic carbocycles. The van der Waals surface area contributed by atoms with Crippen LogP contribution in [0.15, 0.2) is 18.2 Å². The predicted octanol–water partition coefficient (Wildman–Crippen LogP) is 2.78. The van der Waals surface area contributed by atoms with Crippen molar-refractivity contribution in [3.05, 3.63) is 29.3 Å². The Balaban J connectivity index is 2.39. The van der Waals surface area contributed by atoms with Gasteiger partial charge in [0, 0.05) is 24.8 Å². The van der Waals surface area contributed by atoms with E-state index < -0.39 is 11.7 Å². The van der Waals surface area contributed by atoms with Crippen molar-refractivity contribution >= 4 is 5.69 Å². The molecule has 0 amide bonds. The van der Waals surface area contributed by atoms with E-state index >= 15 is 0 Å². The predicted molar refractivity (Wildman–Crippen MR) is 76.3 cm³/mol. The van der Waals surface area contributed by atoms with Crippen LogP contribution >= 0.6 is 0 Å². The Morgan fingerprint density at radius 1 is 1.33 bits per heavy atom. The quantitative estimate of drug-likeness (QED) is 0.848. The Morgan fingerprint density at radius 3 is 2.52 bits per heavy atom. The Morgan fingerprint density at radius 2 is 2.05 bits per heavy atom. The third-order valence-electron chi connectivity index (χ3n) is 3.91. The first kappa shape index (κ1) is 16.1. The molecule has 0 unspecified atom stereocenters. The van der Waals surface area contributed by atoms with Gasteiger partial charge in [0.05, 0.1) is 12.2 Å². The maximum atomic E-state index is 13.3. The molecule has 21 heavy (non-hydrogen) atoms. The number of nitrogens with one attached hydrogen (secondary N) is 1. The monoisotopic (exact) mass is 302 g/mol. The van der Waals surface area contributed by atoms with Gasteiger partial charge in [-0.05, 0) is 44.0 Å². The maximum absolute atomic E-state index is 13.3. The fourth-order valence-corrected chi connectivity index (χ4v) is 2.68. The lowest BCUT2D eigenvalue weighted by atomic mass is 9.90. The zero-order chi connectivity index (χ0) is 15.5. The van der Waals surface area contributed by atoms with Crippen LogP contribution in [-0.4, -0.2) is 31.3 Å². The third kappa shape index (κ3) is 3.68. The number of benzene rings is 1. The van der Waals surface area contributed by atoms with Crippen LogP contribution in [0.3, 0.4) is 0 Å². The molecule has 0 spiro atoms. The van der Waals surface area contributed by atoms with E-state index in [-0.39, 0.29) is 24.9 Å². The van der Waals surface area contributed by atoms with Gasteiger partial charge in [0.2, 0.25) is 0 Å². The first-order valence-electron chi connectivity index (χ1n) is 7.19. The van der Waals surface area contributed by atoms with Crippen molar-refractivity contribution in [1.29, 1.82) is 0 Å². The molecule has 1 aliphatic rings. The van der Waals surface area contributed by atoms with E-state index in [0.717, 1.165) is 19.3 Å². The summed E-state index contributed by atoms with van der Waals surface area (Å²) < 4.78 is 40.0. The zero-order valence-electron chi connectivity index (χ0n) is 12.1. The van der Waals surface area contributed by atoms with Gasteiger partial charge in [-0.15, -0.1) is 0 Å². The lowest BCUT2D eigenvalue weighted by Gasteiger charge is -2.40. The van der Waals surface area contributed by atoms with Gasteiger partial charge in [-0.1, -0.05) is 6.07 Å². The van der Waals surface area contributed by atoms with Crippen LogP contribution in [0.1, 0.15) is 30.4 Å². The average molecular weight is 302 g/mol. The molecule has 0 atom stereocenters. The molecule has 1 fully saturated rings. The van der Waals surface area contributed by atoms with Crippen molar-refractivity contribution in [1.82, 2.24) is 5.32 Å². The molecule has 1 saturated carbocycles. The molecule has 118 valence electrons. The van der Waals surface area contributed by atoms with Crippen LogP contribution in [0.25, 0.3) is 0 Å². The summed E-state index contributed by atoms with van der Waals surface area (Å²) in [5, 5.41) is 12.0. The van der Waals surface area contributed by atoms with Gasteiger partial charge in [0.25, 0.3) is 0 Å². The Kier molecular flexibility index (Phi) is 5.11. The summed E-state index contributed by atoms with van der Waals surface area (Å²) in [5.74, 6) is 0. The molecule has 0 aromatic heterocycles. The second-order valence-electron chi connectivity index (χ2n) is 5.38. The standard InChI is InChI=1S/C15H21F3N2O/c1-19-10-11-5-6-14(13(9-11)15(16,17)18)20(7-8-21)12-3-2-4-12/h5-6,9,12,19,21H,2-4,7-8,10H2,1H3. The summed E-state index contributed by atoms with van der Waals surface area (Å²) in [6.45, 7) is 0.484. The molecule has 0 aliphatic heterocycles. The summed E-state index contributed by atoms with van der Waals surface area (Å²) in [6, 6.07) is 4.55. The largest absolute Gasteiger partial charge is 0.418 e. The average Bonchev–Trinajstić information content (AvgIpc) is 2.35. The van der Waals surface area contributed by atoms with Gasteiger partial charge in [0.1, 0.15) is 0 Å². The minimum Gasteiger partial charge on any atom is -0.395 e. The van der Waals surface area contributed by atoms with Crippen molar-refractivity contribution in [2.45, 2.75) is 38.0 Å². The minimum atomic E-state index is -4.39. The van der Waals surface area contributed by atoms with E-state index in [9.17, 15) is 13.2 Å². The van der Waals surface area contributed by atoms with Crippen molar-refractivity contribution in [2.75, 3.05) is 25.1 Å². The zero-order valence-corrected chi connectivity index (χ0v) is 12.1. The van der Waals surface area contributed by atoms with Gasteiger partial charge in [-0.3, -0.25) is 0 Å². The van der Waals surface area contributed by atoms with Crippen LogP contribution < -0.4 is 10.2 Å². The minimum absolute atomic E-state index is 0.105. The lowest BCUT2D eigenvalue weighted by Crippen LogP contribution is -2.42. The fraction of sp³-hybridized carbons (Fsp3) is 0.600. The number of nitrogens with zero attached hydrogens (tertiary/aromatic N) is 1. The highest BCUT2D eigenvalue weighted by molar-refractivity contribution is 5.57. The number of anilines is 1. The van der Waals surface area contributed by atoms with E-state index in [0.29, 0.717) is 12.1 Å². The number of hydrogen-bond acceptors (Lipinski definition) is 3. The molecule has 0 saturated heterocycles. The number of alkyl halides is 3. The van der Waals surface area contributed by atoms with Gasteiger partial charge in [-0.25, -0.2) is 0 Å². The van der Waals surface area contributed by atoms with Gasteiger partial charge in [0.15, 0.2) is 0 Å². The van der Waals surface area contributed by atoms with Gasteiger partial charge < -0.3 is 15.3 Å². The van der Waals surface area contributed by atoms with Crippen LogP contribution in [0.2, 0.25) is 0 Å². The van der Waals surface area contributed by atoms with E-state index in [1.807, 2.05) is 0 Å². The molecule has 0 radical (unpaired) electrons. The second kappa shape index (κ2) is 6.66. The van der Waals surface area contributed by atoms with E-state index in [1.165, 1.54) is 12.1 Å². The summed E-state index contributed by atoms with van der Waals surface area (Å²) in [6.07, 6.45) is -1.59. The lowest BCUT2D eigenvalue weighted by molar-refractivity contribution is -0.137. The normalized spacial score (nSPS) is 15.9. The van der Waals surface area contributed by atoms with Crippen molar-refractivity contribution in [2.24, 2.45) is 0 Å². The number of hydrogen-bond donors (Lipinski definition) is 2. The van der Waals surface area contributed by atoms with Crippen LogP contribution in [0, 0.1) is 0 Å². The van der Waals surface area contributed by atoms with Crippen molar-refractivity contribution < 1.29 is 18.3 Å². The molecule has 2 rings (SSSR count). The Hall–Kier alpha value is -1.27. The third-order valence-corrected chi connectivity index (χ3v) is 3.91. The van der Waals surface area contributed by atoms with E-state index in [1.54, 1.807) is 18.0 Å². The molecule has 0 heterocycles. The van der Waals surface area contributed by atoms with Gasteiger partial charge in [-0.2, -0.15) is 13.2 Å². The summed E-state index contributed by atoms with van der Waals surface area (Å²) in [5.41, 5.74) is 0.169. The molecule has 3 nitrogen and oxygen atoms in total. The number of aliphatic hydroxyl groups is 1. The second-order valence-corrected chi connectivity index (χ2v) is 5.38. The number of aliphatic hydroxyl groups excluding tert-OH is 1. The first-order chi connectivity index (χ1) is 9.97.